The van der Waals surface area contributed by atoms with Gasteiger partial charge in [0.05, 0.1) is 0 Å². The number of rotatable bonds is 8. The summed E-state index contributed by atoms with van der Waals surface area (Å²) in [5, 5.41) is 6.71. The van der Waals surface area contributed by atoms with Crippen LogP contribution in [0.1, 0.15) is 25.8 Å². The lowest BCUT2D eigenvalue weighted by Gasteiger charge is -2.10. The molecule has 2 atom stereocenters. The number of carbonyl (C=O) groups is 1. The van der Waals surface area contributed by atoms with Gasteiger partial charge in [0.15, 0.2) is 12.6 Å². The monoisotopic (exact) mass is 318 g/mol. The Kier molecular flexibility index (Phi) is 6.26. The predicted molar refractivity (Wildman–Crippen MR) is 91.5 cm³/mol. The fraction of sp³-hybridized carbons (Fsp3) is 0.529. The Balaban J connectivity index is 1.79. The molecule has 0 aliphatic heterocycles. The normalized spacial score (nSPS) is 20.0. The first-order valence-electron chi connectivity index (χ1n) is 8.13. The standard InChI is InChI=1S/C17H26N4O2/c1-3-19-17(21-15-10-12(15)2)20-9-8-13-4-6-14(7-5-13)23-11-16(18)22/h4-7,12,15H,3,8-11H2,1-2H3,(H2,18,22)(H2,19,20,21). The minimum atomic E-state index is -0.475. The molecule has 6 nitrogen and oxygen atoms in total. The van der Waals surface area contributed by atoms with Gasteiger partial charge >= 0.3 is 0 Å². The van der Waals surface area contributed by atoms with Crippen LogP contribution in [0.15, 0.2) is 29.3 Å². The van der Waals surface area contributed by atoms with Crippen molar-refractivity contribution >= 4 is 11.9 Å². The van der Waals surface area contributed by atoms with Crippen molar-refractivity contribution in [2.75, 3.05) is 19.7 Å². The van der Waals surface area contributed by atoms with E-state index in [-0.39, 0.29) is 6.61 Å². The number of ether oxygens (including phenoxy) is 1. The number of nitrogens with one attached hydrogen (secondary N) is 2. The first-order chi connectivity index (χ1) is 11.1. The van der Waals surface area contributed by atoms with E-state index in [2.05, 4.69) is 29.5 Å². The second kappa shape index (κ2) is 8.41. The highest BCUT2D eigenvalue weighted by Gasteiger charge is 2.33. The maximum absolute atomic E-state index is 10.7. The van der Waals surface area contributed by atoms with Crippen molar-refractivity contribution in [2.24, 2.45) is 16.6 Å². The summed E-state index contributed by atoms with van der Waals surface area (Å²) >= 11 is 0. The molecule has 2 unspecified atom stereocenters. The van der Waals surface area contributed by atoms with Crippen molar-refractivity contribution in [3.63, 3.8) is 0 Å². The molecule has 2 rings (SSSR count). The van der Waals surface area contributed by atoms with Gasteiger partial charge in [-0.1, -0.05) is 19.1 Å². The van der Waals surface area contributed by atoms with Crippen LogP contribution in [0, 0.1) is 5.92 Å². The van der Waals surface area contributed by atoms with Crippen molar-refractivity contribution < 1.29 is 9.53 Å². The van der Waals surface area contributed by atoms with Crippen LogP contribution in [-0.4, -0.2) is 37.6 Å². The summed E-state index contributed by atoms with van der Waals surface area (Å²) in [5.74, 6) is 1.81. The third kappa shape index (κ3) is 6.18. The molecule has 6 heteroatoms. The molecule has 0 heterocycles. The smallest absolute Gasteiger partial charge is 0.255 e. The second-order valence-electron chi connectivity index (χ2n) is 5.87. The highest BCUT2D eigenvalue weighted by atomic mass is 16.5. The van der Waals surface area contributed by atoms with Crippen molar-refractivity contribution in [3.05, 3.63) is 29.8 Å². The van der Waals surface area contributed by atoms with E-state index in [0.29, 0.717) is 11.8 Å². The number of hydrogen-bond donors (Lipinski definition) is 3. The number of hydrogen-bond acceptors (Lipinski definition) is 3. The Hall–Kier alpha value is -2.24. The highest BCUT2D eigenvalue weighted by molar-refractivity contribution is 5.80. The first kappa shape index (κ1) is 17.1. The van der Waals surface area contributed by atoms with E-state index in [0.717, 1.165) is 31.4 Å². The molecule has 0 bridgehead atoms. The van der Waals surface area contributed by atoms with Crippen LogP contribution in [0.4, 0.5) is 0 Å². The maximum Gasteiger partial charge on any atom is 0.255 e. The van der Waals surface area contributed by atoms with Gasteiger partial charge in [-0.3, -0.25) is 9.79 Å². The van der Waals surface area contributed by atoms with Crippen LogP contribution in [0.5, 0.6) is 5.75 Å². The summed E-state index contributed by atoms with van der Waals surface area (Å²) in [4.78, 5) is 15.3. The maximum atomic E-state index is 10.7. The number of benzene rings is 1. The summed E-state index contributed by atoms with van der Waals surface area (Å²) in [6.07, 6.45) is 2.07. The van der Waals surface area contributed by atoms with Gasteiger partial charge in [-0.2, -0.15) is 0 Å². The Labute approximate surface area is 137 Å². The van der Waals surface area contributed by atoms with Gasteiger partial charge in [0.1, 0.15) is 5.75 Å². The fourth-order valence-corrected chi connectivity index (χ4v) is 2.22. The summed E-state index contributed by atoms with van der Waals surface area (Å²) in [5.41, 5.74) is 6.22. The molecule has 1 fully saturated rings. The molecular weight excluding hydrogens is 292 g/mol. The molecular formula is C17H26N4O2. The molecule has 0 radical (unpaired) electrons. The van der Waals surface area contributed by atoms with Gasteiger partial charge in [0, 0.05) is 19.1 Å². The SMILES string of the molecule is CCNC(=NCCc1ccc(OCC(N)=O)cc1)NC1CC1C. The van der Waals surface area contributed by atoms with E-state index in [1.807, 2.05) is 24.3 Å². The van der Waals surface area contributed by atoms with Crippen LogP contribution in [0.25, 0.3) is 0 Å². The number of primary amides is 1. The van der Waals surface area contributed by atoms with Crippen molar-refractivity contribution in [1.82, 2.24) is 10.6 Å². The zero-order valence-corrected chi connectivity index (χ0v) is 13.8. The molecule has 0 aromatic heterocycles. The molecule has 1 saturated carbocycles. The molecule has 1 aliphatic carbocycles. The van der Waals surface area contributed by atoms with E-state index in [1.54, 1.807) is 0 Å². The number of amides is 1. The molecule has 1 amide bonds. The summed E-state index contributed by atoms with van der Waals surface area (Å²) in [7, 11) is 0. The van der Waals surface area contributed by atoms with Crippen molar-refractivity contribution in [1.29, 1.82) is 0 Å². The average molecular weight is 318 g/mol. The highest BCUT2D eigenvalue weighted by Crippen LogP contribution is 2.28. The van der Waals surface area contributed by atoms with Gasteiger partial charge in [-0.15, -0.1) is 0 Å². The molecule has 0 spiro atoms. The van der Waals surface area contributed by atoms with E-state index < -0.39 is 5.91 Å². The lowest BCUT2D eigenvalue weighted by atomic mass is 10.1. The van der Waals surface area contributed by atoms with E-state index in [9.17, 15) is 4.79 Å². The minimum absolute atomic E-state index is 0.0963. The number of guanidine groups is 1. The lowest BCUT2D eigenvalue weighted by Crippen LogP contribution is -2.39. The summed E-state index contributed by atoms with van der Waals surface area (Å²) in [6, 6.07) is 8.22. The van der Waals surface area contributed by atoms with Gasteiger partial charge in [-0.25, -0.2) is 0 Å². The predicted octanol–water partition coefficient (Wildman–Crippen LogP) is 1.06. The number of carbonyl (C=O) groups excluding carboxylic acids is 1. The van der Waals surface area contributed by atoms with Gasteiger partial charge in [0.25, 0.3) is 5.91 Å². The summed E-state index contributed by atoms with van der Waals surface area (Å²) in [6.45, 7) is 5.79. The first-order valence-corrected chi connectivity index (χ1v) is 8.13. The molecule has 126 valence electrons. The number of nitrogens with zero attached hydrogens (tertiary/aromatic N) is 1. The molecule has 0 saturated heterocycles. The Morgan fingerprint density at radius 3 is 2.65 bits per heavy atom. The van der Waals surface area contributed by atoms with Crippen molar-refractivity contribution in [3.8, 4) is 5.75 Å². The van der Waals surface area contributed by atoms with Crippen LogP contribution < -0.4 is 21.1 Å². The van der Waals surface area contributed by atoms with Crippen LogP contribution in [0.3, 0.4) is 0 Å². The van der Waals surface area contributed by atoms with Gasteiger partial charge in [-0.05, 0) is 43.4 Å². The van der Waals surface area contributed by atoms with Gasteiger partial charge < -0.3 is 21.1 Å². The number of nitrogens with two attached hydrogens (primary N) is 1. The van der Waals surface area contributed by atoms with E-state index in [4.69, 9.17) is 10.5 Å². The second-order valence-corrected chi connectivity index (χ2v) is 5.87. The molecule has 1 aromatic rings. The molecule has 23 heavy (non-hydrogen) atoms. The van der Waals surface area contributed by atoms with E-state index >= 15 is 0 Å². The topological polar surface area (TPSA) is 88.7 Å². The molecule has 1 aromatic carbocycles. The summed E-state index contributed by atoms with van der Waals surface area (Å²) < 4.78 is 5.24. The third-order valence-electron chi connectivity index (χ3n) is 3.75. The van der Waals surface area contributed by atoms with Gasteiger partial charge in [0.2, 0.25) is 0 Å². The zero-order valence-electron chi connectivity index (χ0n) is 13.8. The van der Waals surface area contributed by atoms with Crippen molar-refractivity contribution in [2.45, 2.75) is 32.7 Å². The molecule has 1 aliphatic rings. The minimum Gasteiger partial charge on any atom is -0.484 e. The quantitative estimate of drug-likeness (QED) is 0.494. The largest absolute Gasteiger partial charge is 0.484 e. The van der Waals surface area contributed by atoms with E-state index in [1.165, 1.54) is 12.0 Å². The Bertz CT molecular complexity index is 542. The third-order valence-corrected chi connectivity index (χ3v) is 3.75. The van der Waals surface area contributed by atoms with Crippen LogP contribution in [-0.2, 0) is 11.2 Å². The Morgan fingerprint density at radius 2 is 2.09 bits per heavy atom. The lowest BCUT2D eigenvalue weighted by molar-refractivity contribution is -0.119. The average Bonchev–Trinajstić information content (AvgIpc) is 3.21. The van der Waals surface area contributed by atoms with Crippen LogP contribution >= 0.6 is 0 Å². The zero-order chi connectivity index (χ0) is 16.7. The van der Waals surface area contributed by atoms with Crippen LogP contribution in [0.2, 0.25) is 0 Å². The fourth-order valence-electron chi connectivity index (χ4n) is 2.22. The molecule has 4 N–H and O–H groups in total. The Morgan fingerprint density at radius 1 is 1.39 bits per heavy atom. The number of aliphatic imine (C=N–C) groups is 1.